The van der Waals surface area contributed by atoms with Gasteiger partial charge in [0.15, 0.2) is 0 Å². The third-order valence-corrected chi connectivity index (χ3v) is 9.94. The monoisotopic (exact) mass is 699 g/mol. The van der Waals surface area contributed by atoms with Gasteiger partial charge in [0.05, 0.1) is 41.6 Å². The van der Waals surface area contributed by atoms with Gasteiger partial charge in [0.25, 0.3) is 0 Å². The maximum atomic E-state index is 14.6. The Balaban J connectivity index is 1.76. The molecule has 1 heterocycles. The maximum absolute atomic E-state index is 14.6. The van der Waals surface area contributed by atoms with Gasteiger partial charge in [-0.3, -0.25) is 14.8 Å². The van der Waals surface area contributed by atoms with Crippen molar-refractivity contribution in [3.63, 3.8) is 0 Å². The number of sulfone groups is 1. The number of hydrogen-bond donors (Lipinski definition) is 0. The van der Waals surface area contributed by atoms with Gasteiger partial charge in [0.2, 0.25) is 0 Å². The topological polar surface area (TPSA) is 106 Å². The normalized spacial score (nSPS) is 17.6. The van der Waals surface area contributed by atoms with Crippen molar-refractivity contribution < 1.29 is 17.9 Å². The highest BCUT2D eigenvalue weighted by atomic mass is 35.5. The van der Waals surface area contributed by atoms with Crippen molar-refractivity contribution in [2.45, 2.75) is 45.7 Å². The van der Waals surface area contributed by atoms with Crippen molar-refractivity contribution in [1.29, 1.82) is 5.26 Å². The fourth-order valence-electron chi connectivity index (χ4n) is 5.68. The Morgan fingerprint density at radius 1 is 1.13 bits per heavy atom. The second-order valence-electron chi connectivity index (χ2n) is 12.4. The summed E-state index contributed by atoms with van der Waals surface area (Å²) in [4.78, 5) is 25.7. The van der Waals surface area contributed by atoms with Crippen LogP contribution in [0, 0.1) is 17.2 Å². The summed E-state index contributed by atoms with van der Waals surface area (Å²) in [7, 11) is -3.03. The Morgan fingerprint density at radius 3 is 2.43 bits per heavy atom. The third-order valence-electron chi connectivity index (χ3n) is 8.38. The van der Waals surface area contributed by atoms with Crippen LogP contribution in [0.4, 0.5) is 4.79 Å². The van der Waals surface area contributed by atoms with Crippen LogP contribution in [0.15, 0.2) is 70.7 Å². The summed E-state index contributed by atoms with van der Waals surface area (Å²) in [6, 6.07) is 14.6. The van der Waals surface area contributed by atoms with E-state index in [0.717, 1.165) is 5.56 Å². The number of benzene rings is 2. The molecule has 0 aromatic heterocycles. The molecule has 2 aliphatic rings. The molecule has 2 amide bonds. The zero-order chi connectivity index (χ0) is 34.2. The molecule has 0 spiro atoms. The van der Waals surface area contributed by atoms with E-state index < -0.39 is 15.4 Å². The summed E-state index contributed by atoms with van der Waals surface area (Å²) in [5, 5.41) is 10.9. The van der Waals surface area contributed by atoms with E-state index in [1.807, 2.05) is 50.0 Å². The van der Waals surface area contributed by atoms with Gasteiger partial charge >= 0.3 is 6.03 Å². The Kier molecular flexibility index (Phi) is 12.5. The molecule has 0 saturated carbocycles. The minimum Gasteiger partial charge on any atom is -0.493 e. The Labute approximate surface area is 289 Å². The zero-order valence-corrected chi connectivity index (χ0v) is 29.8. The quantitative estimate of drug-likeness (QED) is 0.196. The number of amides is 2. The standard InChI is InChI=1S/C35H43Cl2N5O4S/c1-5-46-32-23-27(24-38)9-16-31(32)33(39-35(2,3)28-10-14-30(37)15-11-28)42(25-26-7-12-29(36)13-8-26)34(43)41-20-18-40(19-21-41)17-6-22-47(4,44)45/h7-10,12-16,23,28H,5-6,11,17-22,25H2,1-4H3. The summed E-state index contributed by atoms with van der Waals surface area (Å²) in [5.74, 6) is 1.05. The van der Waals surface area contributed by atoms with Gasteiger partial charge in [-0.1, -0.05) is 47.5 Å². The van der Waals surface area contributed by atoms with E-state index in [-0.39, 0.29) is 24.2 Å². The molecule has 1 saturated heterocycles. The molecule has 12 heteroatoms. The predicted octanol–water partition coefficient (Wildman–Crippen LogP) is 6.51. The van der Waals surface area contributed by atoms with Gasteiger partial charge in [-0.25, -0.2) is 13.2 Å². The number of carbonyl (C=O) groups is 1. The number of amidine groups is 1. The molecular formula is C35H43Cl2N5O4S. The first-order valence-corrected chi connectivity index (χ1v) is 18.6. The van der Waals surface area contributed by atoms with Gasteiger partial charge in [-0.15, -0.1) is 0 Å². The number of aliphatic imine (C=N–C) groups is 1. The first kappa shape index (κ1) is 36.5. The molecule has 2 aromatic carbocycles. The lowest BCUT2D eigenvalue weighted by atomic mass is 9.83. The van der Waals surface area contributed by atoms with E-state index in [4.69, 9.17) is 32.9 Å². The first-order valence-electron chi connectivity index (χ1n) is 15.8. The van der Waals surface area contributed by atoms with Crippen molar-refractivity contribution in [2.75, 3.05) is 51.3 Å². The second kappa shape index (κ2) is 16.2. The maximum Gasteiger partial charge on any atom is 0.326 e. The van der Waals surface area contributed by atoms with Crippen LogP contribution in [0.3, 0.4) is 0 Å². The lowest BCUT2D eigenvalue weighted by Gasteiger charge is -2.39. The molecule has 1 fully saturated rings. The van der Waals surface area contributed by atoms with Crippen molar-refractivity contribution >= 4 is 44.9 Å². The first-order chi connectivity index (χ1) is 22.3. The van der Waals surface area contributed by atoms with Gasteiger partial charge in [-0.2, -0.15) is 5.26 Å². The van der Waals surface area contributed by atoms with Crippen LogP contribution in [-0.4, -0.2) is 91.9 Å². The minimum atomic E-state index is -3.03. The molecule has 1 aliphatic carbocycles. The summed E-state index contributed by atoms with van der Waals surface area (Å²) in [6.45, 7) is 9.40. The van der Waals surface area contributed by atoms with Crippen molar-refractivity contribution in [3.05, 3.63) is 87.4 Å². The number of carbonyl (C=O) groups excluding carboxylic acids is 1. The van der Waals surface area contributed by atoms with E-state index >= 15 is 0 Å². The van der Waals surface area contributed by atoms with E-state index in [2.05, 4.69) is 17.0 Å². The average molecular weight is 701 g/mol. The molecule has 0 radical (unpaired) electrons. The summed E-state index contributed by atoms with van der Waals surface area (Å²) in [5.41, 5.74) is 1.25. The Bertz CT molecular complexity index is 1660. The number of nitriles is 1. The molecule has 1 unspecified atom stereocenters. The van der Waals surface area contributed by atoms with Crippen molar-refractivity contribution in [3.8, 4) is 11.8 Å². The van der Waals surface area contributed by atoms with E-state index in [9.17, 15) is 18.5 Å². The molecule has 47 heavy (non-hydrogen) atoms. The number of nitrogens with zero attached hydrogens (tertiary/aromatic N) is 5. The van der Waals surface area contributed by atoms with Crippen molar-refractivity contribution in [2.24, 2.45) is 10.9 Å². The number of halogens is 2. The van der Waals surface area contributed by atoms with Crippen molar-refractivity contribution in [1.82, 2.24) is 14.7 Å². The number of piperazine rings is 1. The number of rotatable bonds is 11. The molecule has 1 atom stereocenters. The number of allylic oxidation sites excluding steroid dienone is 3. The molecule has 2 aromatic rings. The van der Waals surface area contributed by atoms with Gasteiger partial charge < -0.3 is 9.64 Å². The van der Waals surface area contributed by atoms with Gasteiger partial charge in [-0.05, 0) is 82.1 Å². The third kappa shape index (κ3) is 10.3. The number of urea groups is 1. The summed E-state index contributed by atoms with van der Waals surface area (Å²) >= 11 is 12.5. The Morgan fingerprint density at radius 2 is 1.83 bits per heavy atom. The molecule has 4 rings (SSSR count). The highest BCUT2D eigenvalue weighted by molar-refractivity contribution is 7.90. The van der Waals surface area contributed by atoms with E-state index in [1.165, 1.54) is 6.26 Å². The molecule has 0 bridgehead atoms. The van der Waals surface area contributed by atoms with Crippen LogP contribution in [0.1, 0.15) is 50.3 Å². The van der Waals surface area contributed by atoms with Crippen LogP contribution >= 0.6 is 23.2 Å². The van der Waals surface area contributed by atoms with Crippen LogP contribution < -0.4 is 4.74 Å². The van der Waals surface area contributed by atoms with Crippen LogP contribution in [-0.2, 0) is 16.4 Å². The lowest BCUT2D eigenvalue weighted by Crippen LogP contribution is -2.54. The average Bonchev–Trinajstić information content (AvgIpc) is 3.03. The fourth-order valence-corrected chi connectivity index (χ4v) is 6.62. The SMILES string of the molecule is CCOc1cc(C#N)ccc1C(=NC(C)(C)C1C=CC(Cl)=CC1)N(Cc1ccc(Cl)cc1)C(=O)N1CCN(CCCS(C)(=O)=O)CC1. The molecule has 1 aliphatic heterocycles. The predicted molar refractivity (Wildman–Crippen MR) is 189 cm³/mol. The summed E-state index contributed by atoms with van der Waals surface area (Å²) < 4.78 is 29.3. The molecule has 252 valence electrons. The largest absolute Gasteiger partial charge is 0.493 e. The fraction of sp³-hybridized carbons (Fsp3) is 0.457. The number of hydrogen-bond acceptors (Lipinski definition) is 7. The highest BCUT2D eigenvalue weighted by Gasteiger charge is 2.34. The summed E-state index contributed by atoms with van der Waals surface area (Å²) in [6.07, 6.45) is 8.41. The van der Waals surface area contributed by atoms with Gasteiger partial charge in [0, 0.05) is 48.4 Å². The Hall–Kier alpha value is -3.36. The zero-order valence-electron chi connectivity index (χ0n) is 27.5. The van der Waals surface area contributed by atoms with Gasteiger partial charge in [0.1, 0.15) is 21.4 Å². The van der Waals surface area contributed by atoms with E-state index in [1.54, 1.807) is 35.2 Å². The second-order valence-corrected chi connectivity index (χ2v) is 15.6. The van der Waals surface area contributed by atoms with Crippen LogP contribution in [0.5, 0.6) is 5.75 Å². The lowest BCUT2D eigenvalue weighted by molar-refractivity contribution is 0.125. The smallest absolute Gasteiger partial charge is 0.326 e. The minimum absolute atomic E-state index is 0.0110. The molecular weight excluding hydrogens is 657 g/mol. The molecule has 9 nitrogen and oxygen atoms in total. The molecule has 0 N–H and O–H groups in total. The van der Waals surface area contributed by atoms with Crippen LogP contribution in [0.2, 0.25) is 5.02 Å². The van der Waals surface area contributed by atoms with Crippen LogP contribution in [0.25, 0.3) is 0 Å². The number of ether oxygens (including phenoxy) is 1. The van der Waals surface area contributed by atoms with E-state index in [0.29, 0.717) is 84.9 Å². The highest BCUT2D eigenvalue weighted by Crippen LogP contribution is 2.34.